The summed E-state index contributed by atoms with van der Waals surface area (Å²) >= 11 is 6.11. The largest absolute Gasteiger partial charge is 0.480 e. The number of ether oxygens (including phenoxy) is 2. The van der Waals surface area contributed by atoms with E-state index in [1.54, 1.807) is 0 Å². The van der Waals surface area contributed by atoms with Gasteiger partial charge in [-0.1, -0.05) is 24.6 Å². The summed E-state index contributed by atoms with van der Waals surface area (Å²) in [5.41, 5.74) is -2.61. The second-order valence-electron chi connectivity index (χ2n) is 10.6. The first-order valence-corrected chi connectivity index (χ1v) is 15.7. The third kappa shape index (κ3) is 7.03. The molecule has 18 heteroatoms. The predicted octanol–water partition coefficient (Wildman–Crippen LogP) is 4.86. The van der Waals surface area contributed by atoms with Crippen molar-refractivity contribution in [2.75, 3.05) is 23.0 Å². The van der Waals surface area contributed by atoms with Gasteiger partial charge in [-0.25, -0.2) is 46.3 Å². The number of carboxylic acid groups (broad SMARTS) is 1. The molecule has 0 radical (unpaired) electrons. The molecule has 11 nitrogen and oxygen atoms in total. The Hall–Kier alpha value is -3.86. The highest BCUT2D eigenvalue weighted by Crippen LogP contribution is 2.46. The zero-order chi connectivity index (χ0) is 32.7. The molecule has 5 rings (SSSR count). The normalized spacial score (nSPS) is 24.6. The molecular formula is C27H25ClF5N5O6S. The van der Waals surface area contributed by atoms with Crippen LogP contribution in [0.25, 0.3) is 11.4 Å². The molecule has 3 aromatic rings. The van der Waals surface area contributed by atoms with Crippen LogP contribution in [0.15, 0.2) is 36.5 Å². The SMILES string of the molecule is CC1CS(=O)(=O)CCC1(F)c1cc(Cl)cnc1O[C@H]1C[C@@H](C(=O)O)N(c2cc(-c3cccc(OC(F)F)n3)nc(C(F)F)n2)C1. The van der Waals surface area contributed by atoms with E-state index >= 15 is 4.39 Å². The molecule has 0 spiro atoms. The lowest BCUT2D eigenvalue weighted by Crippen LogP contribution is -2.41. The van der Waals surface area contributed by atoms with Crippen molar-refractivity contribution in [3.8, 4) is 23.1 Å². The molecule has 45 heavy (non-hydrogen) atoms. The molecule has 0 amide bonds. The fourth-order valence-corrected chi connectivity index (χ4v) is 7.39. The molecular weight excluding hydrogens is 653 g/mol. The van der Waals surface area contributed by atoms with Gasteiger partial charge in [-0.05, 0) is 12.1 Å². The summed E-state index contributed by atoms with van der Waals surface area (Å²) in [6, 6.07) is 4.83. The summed E-state index contributed by atoms with van der Waals surface area (Å²) in [6.45, 7) is -1.98. The number of anilines is 1. The average Bonchev–Trinajstić information content (AvgIpc) is 3.40. The van der Waals surface area contributed by atoms with Crippen molar-refractivity contribution in [3.05, 3.63) is 52.9 Å². The maximum Gasteiger partial charge on any atom is 0.388 e. The molecule has 0 saturated carbocycles. The van der Waals surface area contributed by atoms with Gasteiger partial charge in [0.05, 0.1) is 40.0 Å². The van der Waals surface area contributed by atoms with Gasteiger partial charge in [-0.2, -0.15) is 8.78 Å². The number of rotatable bonds is 9. The maximum atomic E-state index is 16.4. The van der Waals surface area contributed by atoms with Gasteiger partial charge in [0.15, 0.2) is 15.7 Å². The Kier molecular flexibility index (Phi) is 9.04. The van der Waals surface area contributed by atoms with Crippen molar-refractivity contribution in [1.29, 1.82) is 0 Å². The number of carboxylic acids is 1. The lowest BCUT2D eigenvalue weighted by Gasteiger charge is -2.36. The Labute approximate surface area is 258 Å². The molecule has 2 aliphatic heterocycles. The quantitative estimate of drug-likeness (QED) is 0.310. The van der Waals surface area contributed by atoms with Gasteiger partial charge in [-0.3, -0.25) is 0 Å². The third-order valence-electron chi connectivity index (χ3n) is 7.57. The van der Waals surface area contributed by atoms with Crippen LogP contribution in [0.3, 0.4) is 0 Å². The lowest BCUT2D eigenvalue weighted by molar-refractivity contribution is -0.138. The Morgan fingerprint density at radius 2 is 1.91 bits per heavy atom. The number of aliphatic carboxylic acids is 1. The van der Waals surface area contributed by atoms with Crippen molar-refractivity contribution >= 4 is 33.2 Å². The van der Waals surface area contributed by atoms with Crippen molar-refractivity contribution < 1.29 is 49.7 Å². The second-order valence-corrected chi connectivity index (χ2v) is 13.3. The van der Waals surface area contributed by atoms with E-state index in [9.17, 15) is 35.9 Å². The van der Waals surface area contributed by atoms with E-state index in [-0.39, 0.29) is 53.1 Å². The molecule has 1 N–H and O–H groups in total. The number of halogens is 6. The highest BCUT2D eigenvalue weighted by molar-refractivity contribution is 7.91. The number of carbonyl (C=O) groups is 1. The van der Waals surface area contributed by atoms with Gasteiger partial charge in [0.2, 0.25) is 11.8 Å². The van der Waals surface area contributed by atoms with Gasteiger partial charge < -0.3 is 19.5 Å². The summed E-state index contributed by atoms with van der Waals surface area (Å²) in [6.07, 6.45) is -3.55. The van der Waals surface area contributed by atoms with E-state index in [4.69, 9.17) is 16.3 Å². The van der Waals surface area contributed by atoms with Crippen molar-refractivity contribution in [1.82, 2.24) is 19.9 Å². The Bertz CT molecular complexity index is 1710. The fourth-order valence-electron chi connectivity index (χ4n) is 5.44. The first-order chi connectivity index (χ1) is 21.1. The van der Waals surface area contributed by atoms with Crippen molar-refractivity contribution in [2.45, 2.75) is 50.6 Å². The highest BCUT2D eigenvalue weighted by atomic mass is 35.5. The third-order valence-corrected chi connectivity index (χ3v) is 9.61. The van der Waals surface area contributed by atoms with Gasteiger partial charge in [0, 0.05) is 37.1 Å². The second kappa shape index (κ2) is 12.5. The Balaban J connectivity index is 1.48. The van der Waals surface area contributed by atoms with Crippen LogP contribution in [0.1, 0.15) is 37.6 Å². The van der Waals surface area contributed by atoms with Crippen LogP contribution in [-0.4, -0.2) is 76.2 Å². The molecule has 242 valence electrons. The number of sulfone groups is 1. The van der Waals surface area contributed by atoms with Gasteiger partial charge in [0.1, 0.15) is 23.6 Å². The van der Waals surface area contributed by atoms with Gasteiger partial charge >= 0.3 is 12.6 Å². The Morgan fingerprint density at radius 3 is 2.58 bits per heavy atom. The Morgan fingerprint density at radius 1 is 1.16 bits per heavy atom. The monoisotopic (exact) mass is 677 g/mol. The topological polar surface area (TPSA) is 145 Å². The molecule has 2 fully saturated rings. The van der Waals surface area contributed by atoms with Gasteiger partial charge in [-0.15, -0.1) is 0 Å². The van der Waals surface area contributed by atoms with Crippen LogP contribution in [-0.2, 0) is 20.3 Å². The first kappa shape index (κ1) is 32.5. The van der Waals surface area contributed by atoms with Crippen LogP contribution in [0, 0.1) is 5.92 Å². The molecule has 0 aliphatic carbocycles. The summed E-state index contributed by atoms with van der Waals surface area (Å²) in [7, 11) is -3.47. The van der Waals surface area contributed by atoms with E-state index in [0.717, 1.165) is 6.07 Å². The van der Waals surface area contributed by atoms with E-state index in [0.29, 0.717) is 0 Å². The minimum absolute atomic E-state index is 0.0659. The molecule has 2 aliphatic rings. The zero-order valence-electron chi connectivity index (χ0n) is 23.3. The average molecular weight is 678 g/mol. The molecule has 4 atom stereocenters. The lowest BCUT2D eigenvalue weighted by atomic mass is 9.83. The summed E-state index contributed by atoms with van der Waals surface area (Å²) in [5.74, 6) is -5.08. The minimum atomic E-state index is -3.47. The van der Waals surface area contributed by atoms with Crippen LogP contribution in [0.5, 0.6) is 11.8 Å². The summed E-state index contributed by atoms with van der Waals surface area (Å²) < 4.78 is 104. The predicted molar refractivity (Wildman–Crippen MR) is 149 cm³/mol. The molecule has 2 unspecified atom stereocenters. The number of aromatic nitrogens is 4. The van der Waals surface area contributed by atoms with E-state index < -0.39 is 75.8 Å². The van der Waals surface area contributed by atoms with E-state index in [2.05, 4.69) is 24.7 Å². The fraction of sp³-hybridized carbons (Fsp3) is 0.444. The number of alkyl halides is 5. The first-order valence-electron chi connectivity index (χ1n) is 13.5. The minimum Gasteiger partial charge on any atom is -0.480 e. The van der Waals surface area contributed by atoms with E-state index in [1.165, 1.54) is 42.3 Å². The smallest absolute Gasteiger partial charge is 0.388 e. The molecule has 0 aromatic carbocycles. The molecule has 5 heterocycles. The standard InChI is InChI=1S/C27H25ClF5N5O6S/c1-13-12-45(41,42)6-5-27(13,33)16-7-14(28)10-34-24(16)43-15-8-19(25(39)40)38(11-15)20-9-18(36-23(37-20)22(29)30)17-3-2-4-21(35-17)44-26(31)32/h2-4,7,9-10,13,15,19,22,26H,5-6,8,11-12H2,1H3,(H,39,40)/t13?,15-,19-,27?/m0/s1. The van der Waals surface area contributed by atoms with Crippen molar-refractivity contribution in [2.24, 2.45) is 5.92 Å². The van der Waals surface area contributed by atoms with E-state index in [1.807, 2.05) is 0 Å². The number of hydrogen-bond donors (Lipinski definition) is 1. The van der Waals surface area contributed by atoms with Crippen LogP contribution < -0.4 is 14.4 Å². The van der Waals surface area contributed by atoms with Gasteiger partial charge in [0.25, 0.3) is 6.43 Å². The number of nitrogens with zero attached hydrogens (tertiary/aromatic N) is 5. The molecule has 3 aromatic heterocycles. The zero-order valence-corrected chi connectivity index (χ0v) is 24.9. The molecule has 2 saturated heterocycles. The van der Waals surface area contributed by atoms with Crippen LogP contribution >= 0.6 is 11.6 Å². The highest BCUT2D eigenvalue weighted by Gasteiger charge is 2.48. The van der Waals surface area contributed by atoms with Crippen molar-refractivity contribution in [3.63, 3.8) is 0 Å². The number of pyridine rings is 2. The number of hydrogen-bond acceptors (Lipinski definition) is 10. The maximum absolute atomic E-state index is 16.4. The molecule has 0 bridgehead atoms. The van der Waals surface area contributed by atoms with Crippen LogP contribution in [0.2, 0.25) is 5.02 Å². The summed E-state index contributed by atoms with van der Waals surface area (Å²) in [5, 5.41) is 10.1. The van der Waals surface area contributed by atoms with Crippen LogP contribution in [0.4, 0.5) is 27.8 Å². The summed E-state index contributed by atoms with van der Waals surface area (Å²) in [4.78, 5) is 29.1.